The lowest BCUT2D eigenvalue weighted by molar-refractivity contribution is -0.120. The molecule has 0 bridgehead atoms. The van der Waals surface area contributed by atoms with Gasteiger partial charge in [-0.05, 0) is 67.0 Å². The van der Waals surface area contributed by atoms with Gasteiger partial charge in [-0.15, -0.1) is 0 Å². The maximum Gasteiger partial charge on any atom is 0.325 e. The number of aliphatic hydroxyl groups is 1. The Kier molecular flexibility index (Phi) is 12.8. The van der Waals surface area contributed by atoms with Crippen LogP contribution in [0.4, 0.5) is 19.3 Å². The summed E-state index contributed by atoms with van der Waals surface area (Å²) in [6, 6.07) is 12.8. The number of hydrogen-bond acceptors (Lipinski definition) is 7. The summed E-state index contributed by atoms with van der Waals surface area (Å²) in [7, 11) is 0. The zero-order valence-corrected chi connectivity index (χ0v) is 28.2. The number of aromatic amines is 1. The molecule has 0 aliphatic rings. The van der Waals surface area contributed by atoms with Crippen molar-refractivity contribution in [3.05, 3.63) is 126 Å². The molecule has 0 spiro atoms. The molecule has 0 saturated heterocycles. The van der Waals surface area contributed by atoms with Gasteiger partial charge in [-0.2, -0.15) is 0 Å². The summed E-state index contributed by atoms with van der Waals surface area (Å²) < 4.78 is 39.7. The molecule has 2 aromatic carbocycles. The largest absolute Gasteiger partial charge is 0.481 e. The first-order valence-electron chi connectivity index (χ1n) is 15.7. The van der Waals surface area contributed by atoms with Crippen LogP contribution in [-0.2, 0) is 9.59 Å². The second kappa shape index (κ2) is 17.4. The molecule has 2 heterocycles. The molecule has 0 aliphatic carbocycles. The summed E-state index contributed by atoms with van der Waals surface area (Å²) in [6.45, 7) is 12.1. The molecular weight excluding hydrogens is 658 g/mol. The second-order valence-electron chi connectivity index (χ2n) is 11.6. The number of pyridine rings is 1. The molecule has 4 aromatic rings. The number of halogens is 2. The average Bonchev–Trinajstić information content (AvgIpc) is 3.53. The maximum absolute atomic E-state index is 15.0. The standard InChI is InChI=1S/C39H36F2N4O6/c1-6-27(40)13-12-24(4)19-35(46)45-39(49)44-29-14-15-34(32(41)22-29)51-33-16-17-42-38-31(33)21-28(43-38)10-8-18-50-30-11-7-9-26(20-30)37(48)25(5)36(47)23(2)3/h6-7,9,11-17,20-23,37,48H,1,5,18-19H2,2-4H3,(H,42,43)(H2,44,45,46,49)/b24-12+,27-13+. The first kappa shape index (κ1) is 37.5. The molecule has 0 aliphatic heterocycles. The molecule has 3 amide bonds. The van der Waals surface area contributed by atoms with Gasteiger partial charge in [0, 0.05) is 35.9 Å². The van der Waals surface area contributed by atoms with Crippen LogP contribution in [0.25, 0.3) is 11.0 Å². The number of hydrogen-bond donors (Lipinski definition) is 4. The van der Waals surface area contributed by atoms with Crippen molar-refractivity contribution in [3.63, 3.8) is 0 Å². The number of fused-ring (bicyclic) bond motifs is 1. The fourth-order valence-corrected chi connectivity index (χ4v) is 4.61. The zero-order chi connectivity index (χ0) is 37.1. The third-order valence-corrected chi connectivity index (χ3v) is 7.19. The van der Waals surface area contributed by atoms with Gasteiger partial charge in [0.2, 0.25) is 5.91 Å². The number of H-pyrrole nitrogens is 1. The van der Waals surface area contributed by atoms with E-state index in [9.17, 15) is 23.9 Å². The van der Waals surface area contributed by atoms with Gasteiger partial charge in [-0.25, -0.2) is 18.6 Å². The maximum atomic E-state index is 15.0. The molecule has 262 valence electrons. The van der Waals surface area contributed by atoms with Crippen LogP contribution in [0.15, 0.2) is 109 Å². The first-order chi connectivity index (χ1) is 24.3. The van der Waals surface area contributed by atoms with E-state index in [0.29, 0.717) is 39.4 Å². The summed E-state index contributed by atoms with van der Waals surface area (Å²) in [5, 5.41) is 15.6. The highest BCUT2D eigenvalue weighted by atomic mass is 19.1. The van der Waals surface area contributed by atoms with Crippen molar-refractivity contribution in [1.82, 2.24) is 15.3 Å². The number of urea groups is 1. The van der Waals surface area contributed by atoms with Crippen LogP contribution in [0, 0.1) is 23.6 Å². The summed E-state index contributed by atoms with van der Waals surface area (Å²) in [5.41, 5.74) is 2.10. The van der Waals surface area contributed by atoms with E-state index >= 15 is 4.39 Å². The number of ether oxygens (including phenoxy) is 2. The van der Waals surface area contributed by atoms with E-state index in [-0.39, 0.29) is 41.7 Å². The Morgan fingerprint density at radius 1 is 1.10 bits per heavy atom. The molecule has 51 heavy (non-hydrogen) atoms. The number of amides is 3. The van der Waals surface area contributed by atoms with Gasteiger partial charge in [0.15, 0.2) is 17.3 Å². The Morgan fingerprint density at radius 3 is 2.61 bits per heavy atom. The van der Waals surface area contributed by atoms with E-state index in [1.165, 1.54) is 24.4 Å². The van der Waals surface area contributed by atoms with Crippen LogP contribution in [0.1, 0.15) is 44.6 Å². The predicted molar refractivity (Wildman–Crippen MR) is 190 cm³/mol. The topological polar surface area (TPSA) is 143 Å². The second-order valence-corrected chi connectivity index (χ2v) is 11.6. The molecule has 4 N–H and O–H groups in total. The molecule has 0 saturated carbocycles. The molecule has 0 radical (unpaired) electrons. The van der Waals surface area contributed by atoms with E-state index in [1.807, 2.05) is 0 Å². The third-order valence-electron chi connectivity index (χ3n) is 7.19. The van der Waals surface area contributed by atoms with Crippen molar-refractivity contribution >= 4 is 34.4 Å². The number of imide groups is 1. The average molecular weight is 695 g/mol. The van der Waals surface area contributed by atoms with Crippen molar-refractivity contribution in [2.75, 3.05) is 11.9 Å². The highest BCUT2D eigenvalue weighted by Crippen LogP contribution is 2.32. The Labute approximate surface area is 293 Å². The smallest absolute Gasteiger partial charge is 0.325 e. The molecule has 12 heteroatoms. The van der Waals surface area contributed by atoms with Gasteiger partial charge in [-0.1, -0.05) is 56.7 Å². The monoisotopic (exact) mass is 694 g/mol. The summed E-state index contributed by atoms with van der Waals surface area (Å²) in [4.78, 5) is 44.0. The van der Waals surface area contributed by atoms with E-state index in [4.69, 9.17) is 9.47 Å². The summed E-state index contributed by atoms with van der Waals surface area (Å²) in [6.07, 6.45) is 3.74. The Balaban J connectivity index is 1.36. The number of carbonyl (C=O) groups excluding carboxylic acids is 3. The van der Waals surface area contributed by atoms with Crippen molar-refractivity contribution in [2.45, 2.75) is 33.3 Å². The lowest BCUT2D eigenvalue weighted by Gasteiger charge is -2.15. The number of benzene rings is 2. The van der Waals surface area contributed by atoms with Crippen LogP contribution < -0.4 is 20.1 Å². The van der Waals surface area contributed by atoms with E-state index in [2.05, 4.69) is 45.6 Å². The third kappa shape index (κ3) is 10.6. The Bertz CT molecular complexity index is 2100. The SMILES string of the molecule is C=C/C(F)=C\C=C(/C)CC(=O)NC(=O)Nc1ccc(Oc2ccnc3[nH]c(C#CCOc4cccc(C(O)C(=C)C(=O)C(C)C)c4)cc23)c(F)c1. The van der Waals surface area contributed by atoms with Crippen molar-refractivity contribution in [1.29, 1.82) is 0 Å². The number of nitrogens with zero attached hydrogens (tertiary/aromatic N) is 1. The number of allylic oxidation sites excluding steroid dienone is 4. The number of aliphatic hydroxyl groups excluding tert-OH is 1. The number of carbonyl (C=O) groups is 3. The van der Waals surface area contributed by atoms with Crippen molar-refractivity contribution in [3.8, 4) is 29.1 Å². The van der Waals surface area contributed by atoms with Crippen LogP contribution in [0.3, 0.4) is 0 Å². The van der Waals surface area contributed by atoms with Crippen LogP contribution in [0.2, 0.25) is 0 Å². The number of nitrogens with one attached hydrogen (secondary N) is 3. The van der Waals surface area contributed by atoms with Crippen molar-refractivity contribution in [2.24, 2.45) is 5.92 Å². The van der Waals surface area contributed by atoms with E-state index in [1.54, 1.807) is 57.2 Å². The number of anilines is 1. The summed E-state index contributed by atoms with van der Waals surface area (Å²) in [5.74, 6) is 3.98. The minimum Gasteiger partial charge on any atom is -0.481 e. The van der Waals surface area contributed by atoms with Gasteiger partial charge >= 0.3 is 6.03 Å². The number of ketones is 1. The molecule has 1 atom stereocenters. The highest BCUT2D eigenvalue weighted by molar-refractivity contribution is 6.01. The first-order valence-corrected chi connectivity index (χ1v) is 15.7. The molecule has 1 unspecified atom stereocenters. The lowest BCUT2D eigenvalue weighted by atomic mass is 9.94. The molecular formula is C39H36F2N4O6. The Morgan fingerprint density at radius 2 is 1.88 bits per heavy atom. The number of Topliss-reactive ketones (excluding diaryl/α,β-unsaturated/α-hetero) is 1. The van der Waals surface area contributed by atoms with Gasteiger partial charge in [0.25, 0.3) is 0 Å². The number of rotatable bonds is 13. The van der Waals surface area contributed by atoms with E-state index < -0.39 is 29.7 Å². The van der Waals surface area contributed by atoms with Crippen LogP contribution in [0.5, 0.6) is 17.2 Å². The van der Waals surface area contributed by atoms with Crippen LogP contribution in [-0.4, -0.2) is 39.4 Å². The van der Waals surface area contributed by atoms with Gasteiger partial charge < -0.3 is 24.9 Å². The minimum absolute atomic E-state index is 0.0148. The fraction of sp³-hybridized carbons (Fsp3) is 0.179. The van der Waals surface area contributed by atoms with Gasteiger partial charge in [-0.3, -0.25) is 14.9 Å². The number of aromatic nitrogens is 2. The molecule has 2 aromatic heterocycles. The zero-order valence-electron chi connectivity index (χ0n) is 28.2. The van der Waals surface area contributed by atoms with Gasteiger partial charge in [0.05, 0.1) is 11.1 Å². The lowest BCUT2D eigenvalue weighted by Crippen LogP contribution is -2.34. The molecule has 4 rings (SSSR count). The van der Waals surface area contributed by atoms with E-state index in [0.717, 1.165) is 18.2 Å². The minimum atomic E-state index is -1.15. The molecule has 10 nitrogen and oxygen atoms in total. The van der Waals surface area contributed by atoms with Gasteiger partial charge in [0.1, 0.15) is 35.7 Å². The van der Waals surface area contributed by atoms with Crippen molar-refractivity contribution < 1.29 is 37.7 Å². The summed E-state index contributed by atoms with van der Waals surface area (Å²) >= 11 is 0. The quantitative estimate of drug-likeness (QED) is 0.0637. The fourth-order valence-electron chi connectivity index (χ4n) is 4.61. The molecule has 0 fully saturated rings. The predicted octanol–water partition coefficient (Wildman–Crippen LogP) is 7.76. The normalized spacial score (nSPS) is 12.1. The van der Waals surface area contributed by atoms with Crippen LogP contribution >= 0.6 is 0 Å². The highest BCUT2D eigenvalue weighted by Gasteiger charge is 2.21. The Hall–Kier alpha value is -6.32.